The van der Waals surface area contributed by atoms with Gasteiger partial charge in [-0.25, -0.2) is 0 Å². The van der Waals surface area contributed by atoms with E-state index >= 15 is 0 Å². The van der Waals surface area contributed by atoms with E-state index in [-0.39, 0.29) is 5.91 Å². The molecule has 0 unspecified atom stereocenters. The monoisotopic (exact) mass is 410 g/mol. The summed E-state index contributed by atoms with van der Waals surface area (Å²) in [7, 11) is 3.47. The van der Waals surface area contributed by atoms with Crippen LogP contribution in [0.3, 0.4) is 0 Å². The van der Waals surface area contributed by atoms with Gasteiger partial charge in [-0.3, -0.25) is 4.79 Å². The molecule has 0 fully saturated rings. The fraction of sp³-hybridized carbons (Fsp3) is 0.318. The fourth-order valence-corrected chi connectivity index (χ4v) is 3.87. The summed E-state index contributed by atoms with van der Waals surface area (Å²) >= 11 is 1.42. The van der Waals surface area contributed by atoms with Gasteiger partial charge in [0.1, 0.15) is 5.75 Å². The zero-order valence-corrected chi connectivity index (χ0v) is 18.1. The molecule has 0 radical (unpaired) electrons. The highest BCUT2D eigenvalue weighted by Gasteiger charge is 2.16. The first kappa shape index (κ1) is 20.9. The number of hydrogen-bond acceptors (Lipinski definition) is 5. The molecule has 0 N–H and O–H groups in total. The maximum atomic E-state index is 12.6. The number of hydrogen-bond donors (Lipinski definition) is 0. The predicted molar refractivity (Wildman–Crippen MR) is 116 cm³/mol. The van der Waals surface area contributed by atoms with Crippen molar-refractivity contribution in [3.05, 3.63) is 59.7 Å². The minimum absolute atomic E-state index is 0.0622. The van der Waals surface area contributed by atoms with E-state index in [2.05, 4.69) is 41.4 Å². The standard InChI is InChI=1S/C22H26N4O2S/c1-5-26-21(18-10-12-19(28-4)13-11-18)23-24-22(26)29-15-20(27)25(3)14-17-8-6-16(2)7-9-17/h6-13H,5,14-15H2,1-4H3. The van der Waals surface area contributed by atoms with Gasteiger partial charge >= 0.3 is 0 Å². The van der Waals surface area contributed by atoms with Crippen LogP contribution in [-0.4, -0.2) is 45.5 Å². The Morgan fingerprint density at radius 1 is 1.10 bits per heavy atom. The lowest BCUT2D eigenvalue weighted by Gasteiger charge is -2.17. The number of benzene rings is 2. The summed E-state index contributed by atoms with van der Waals surface area (Å²) in [4.78, 5) is 14.3. The van der Waals surface area contributed by atoms with Crippen LogP contribution in [0.5, 0.6) is 5.75 Å². The summed E-state index contributed by atoms with van der Waals surface area (Å²) in [5, 5.41) is 9.39. The van der Waals surface area contributed by atoms with E-state index in [1.165, 1.54) is 17.3 Å². The van der Waals surface area contributed by atoms with Crippen molar-refractivity contribution in [2.75, 3.05) is 19.9 Å². The largest absolute Gasteiger partial charge is 0.497 e. The van der Waals surface area contributed by atoms with Crippen LogP contribution < -0.4 is 4.74 Å². The molecule has 0 aliphatic heterocycles. The van der Waals surface area contributed by atoms with E-state index in [9.17, 15) is 4.79 Å². The van der Waals surface area contributed by atoms with Gasteiger partial charge in [0.15, 0.2) is 11.0 Å². The average Bonchev–Trinajstić information content (AvgIpc) is 3.16. The highest BCUT2D eigenvalue weighted by Crippen LogP contribution is 2.25. The quantitative estimate of drug-likeness (QED) is 0.525. The van der Waals surface area contributed by atoms with Gasteiger partial charge in [0.2, 0.25) is 5.91 Å². The van der Waals surface area contributed by atoms with Gasteiger partial charge in [-0.1, -0.05) is 41.6 Å². The third-order valence-electron chi connectivity index (χ3n) is 4.67. The van der Waals surface area contributed by atoms with Crippen LogP contribution in [0.4, 0.5) is 0 Å². The molecule has 0 spiro atoms. The smallest absolute Gasteiger partial charge is 0.233 e. The molecule has 1 heterocycles. The van der Waals surface area contributed by atoms with Gasteiger partial charge in [-0.2, -0.15) is 0 Å². The molecule has 3 aromatic rings. The number of carbonyl (C=O) groups excluding carboxylic acids is 1. The van der Waals surface area contributed by atoms with Crippen molar-refractivity contribution in [1.82, 2.24) is 19.7 Å². The molecule has 2 aromatic carbocycles. The van der Waals surface area contributed by atoms with Gasteiger partial charge in [-0.15, -0.1) is 10.2 Å². The maximum Gasteiger partial charge on any atom is 0.233 e. The molecule has 6 nitrogen and oxygen atoms in total. The highest BCUT2D eigenvalue weighted by atomic mass is 32.2. The zero-order chi connectivity index (χ0) is 20.8. The first-order valence-electron chi connectivity index (χ1n) is 9.51. The average molecular weight is 411 g/mol. The van der Waals surface area contributed by atoms with Crippen molar-refractivity contribution in [3.8, 4) is 17.1 Å². The molecular formula is C22H26N4O2S. The normalized spacial score (nSPS) is 10.8. The number of carbonyl (C=O) groups is 1. The molecule has 29 heavy (non-hydrogen) atoms. The Bertz CT molecular complexity index is 952. The molecule has 1 amide bonds. The van der Waals surface area contributed by atoms with Crippen LogP contribution in [0.15, 0.2) is 53.7 Å². The summed E-state index contributed by atoms with van der Waals surface area (Å²) in [6, 6.07) is 16.0. The van der Waals surface area contributed by atoms with E-state index in [1.54, 1.807) is 12.0 Å². The van der Waals surface area contributed by atoms with Crippen LogP contribution in [-0.2, 0) is 17.9 Å². The van der Waals surface area contributed by atoms with Crippen LogP contribution in [0, 0.1) is 6.92 Å². The second-order valence-electron chi connectivity index (χ2n) is 6.80. The number of aryl methyl sites for hydroxylation is 1. The van der Waals surface area contributed by atoms with Gasteiger partial charge in [0, 0.05) is 25.7 Å². The second-order valence-corrected chi connectivity index (χ2v) is 7.75. The Balaban J connectivity index is 1.64. The van der Waals surface area contributed by atoms with Crippen LogP contribution in [0.1, 0.15) is 18.1 Å². The van der Waals surface area contributed by atoms with Crippen molar-refractivity contribution in [3.63, 3.8) is 0 Å². The third kappa shape index (κ3) is 5.17. The minimum Gasteiger partial charge on any atom is -0.497 e. The van der Waals surface area contributed by atoms with Crippen molar-refractivity contribution in [1.29, 1.82) is 0 Å². The number of nitrogens with zero attached hydrogens (tertiary/aromatic N) is 4. The summed E-state index contributed by atoms with van der Waals surface area (Å²) in [6.45, 7) is 5.42. The topological polar surface area (TPSA) is 60.2 Å². The van der Waals surface area contributed by atoms with E-state index in [1.807, 2.05) is 42.8 Å². The molecule has 0 aliphatic carbocycles. The van der Waals surface area contributed by atoms with E-state index in [4.69, 9.17) is 4.74 Å². The summed E-state index contributed by atoms with van der Waals surface area (Å²) in [6.07, 6.45) is 0. The summed E-state index contributed by atoms with van der Waals surface area (Å²) in [5.74, 6) is 1.97. The van der Waals surface area contributed by atoms with Crippen LogP contribution >= 0.6 is 11.8 Å². The van der Waals surface area contributed by atoms with Crippen LogP contribution in [0.2, 0.25) is 0 Å². The summed E-state index contributed by atoms with van der Waals surface area (Å²) in [5.41, 5.74) is 3.30. The lowest BCUT2D eigenvalue weighted by Crippen LogP contribution is -2.27. The lowest BCUT2D eigenvalue weighted by molar-refractivity contribution is -0.127. The van der Waals surface area contributed by atoms with Crippen molar-refractivity contribution < 1.29 is 9.53 Å². The predicted octanol–water partition coefficient (Wildman–Crippen LogP) is 4.03. The molecule has 0 saturated carbocycles. The lowest BCUT2D eigenvalue weighted by atomic mass is 10.1. The molecular weight excluding hydrogens is 384 g/mol. The maximum absolute atomic E-state index is 12.6. The SMILES string of the molecule is CCn1c(SCC(=O)N(C)Cc2ccc(C)cc2)nnc1-c1ccc(OC)cc1. The Hall–Kier alpha value is -2.80. The fourth-order valence-electron chi connectivity index (χ4n) is 2.93. The summed E-state index contributed by atoms with van der Waals surface area (Å²) < 4.78 is 7.24. The van der Waals surface area contributed by atoms with E-state index in [0.717, 1.165) is 34.4 Å². The van der Waals surface area contributed by atoms with Crippen molar-refractivity contribution >= 4 is 17.7 Å². The molecule has 0 aliphatic rings. The Morgan fingerprint density at radius 3 is 2.41 bits per heavy atom. The first-order valence-corrected chi connectivity index (χ1v) is 10.5. The Morgan fingerprint density at radius 2 is 1.79 bits per heavy atom. The molecule has 0 saturated heterocycles. The molecule has 0 atom stereocenters. The van der Waals surface area contributed by atoms with Gasteiger partial charge < -0.3 is 14.2 Å². The number of ether oxygens (including phenoxy) is 1. The third-order valence-corrected chi connectivity index (χ3v) is 5.62. The second kappa shape index (κ2) is 9.60. The minimum atomic E-state index is 0.0622. The van der Waals surface area contributed by atoms with E-state index < -0.39 is 0 Å². The Labute approximate surface area is 175 Å². The van der Waals surface area contributed by atoms with Gasteiger partial charge in [-0.05, 0) is 43.7 Å². The molecule has 1 aromatic heterocycles. The van der Waals surface area contributed by atoms with E-state index in [0.29, 0.717) is 12.3 Å². The molecule has 7 heteroatoms. The van der Waals surface area contributed by atoms with Crippen molar-refractivity contribution in [2.24, 2.45) is 0 Å². The molecule has 0 bridgehead atoms. The van der Waals surface area contributed by atoms with Gasteiger partial charge in [0.25, 0.3) is 0 Å². The highest BCUT2D eigenvalue weighted by molar-refractivity contribution is 7.99. The number of methoxy groups -OCH3 is 1. The molecule has 3 rings (SSSR count). The van der Waals surface area contributed by atoms with Gasteiger partial charge in [0.05, 0.1) is 12.9 Å². The number of rotatable bonds is 8. The molecule has 152 valence electrons. The zero-order valence-electron chi connectivity index (χ0n) is 17.3. The van der Waals surface area contributed by atoms with Crippen LogP contribution in [0.25, 0.3) is 11.4 Å². The Kier molecular flexibility index (Phi) is 6.93. The number of amides is 1. The number of aromatic nitrogens is 3. The van der Waals surface area contributed by atoms with Crippen molar-refractivity contribution in [2.45, 2.75) is 32.1 Å². The first-order chi connectivity index (χ1) is 14.0. The number of thioether (sulfide) groups is 1.